The van der Waals surface area contributed by atoms with E-state index in [4.69, 9.17) is 14.2 Å². The lowest BCUT2D eigenvalue weighted by atomic mass is 9.50. The van der Waals surface area contributed by atoms with E-state index in [0.29, 0.717) is 30.6 Å². The van der Waals surface area contributed by atoms with Crippen molar-refractivity contribution in [1.82, 2.24) is 0 Å². The van der Waals surface area contributed by atoms with E-state index in [1.165, 1.54) is 0 Å². The standard InChI is InChI=1S/C25H28O4/c1-16-13-24(3)21-17(2)25(16,15-28-23(26)18-9-5-4-6-10-18)14-27-22(21)19-11-7-8-12-20(19)29-24/h4-12,16-17,21-22H,13-15H2,1-3H3/t16-,17-,21-,22-,24+,25+/m0/s1. The molecule has 3 aliphatic rings. The minimum Gasteiger partial charge on any atom is -0.487 e. The number of hydrogen-bond donors (Lipinski definition) is 0. The molecule has 6 atom stereocenters. The van der Waals surface area contributed by atoms with E-state index in [1.807, 2.05) is 36.4 Å². The molecule has 1 saturated heterocycles. The maximum Gasteiger partial charge on any atom is 0.338 e. The van der Waals surface area contributed by atoms with E-state index in [1.54, 1.807) is 12.1 Å². The first-order chi connectivity index (χ1) is 13.9. The second-order valence-corrected chi connectivity index (χ2v) is 9.28. The van der Waals surface area contributed by atoms with Crippen LogP contribution in [0.2, 0.25) is 0 Å². The smallest absolute Gasteiger partial charge is 0.338 e. The number of fused-ring (bicyclic) bond motifs is 3. The Morgan fingerprint density at radius 2 is 1.83 bits per heavy atom. The van der Waals surface area contributed by atoms with Gasteiger partial charge in [0.1, 0.15) is 11.4 Å². The normalized spacial score (nSPS) is 37.2. The molecule has 5 rings (SSSR count). The van der Waals surface area contributed by atoms with Crippen molar-refractivity contribution in [2.24, 2.45) is 23.2 Å². The lowest BCUT2D eigenvalue weighted by molar-refractivity contribution is -0.259. The molecule has 0 spiro atoms. The van der Waals surface area contributed by atoms with Crippen LogP contribution in [0.15, 0.2) is 54.6 Å². The zero-order chi connectivity index (χ0) is 20.2. The van der Waals surface area contributed by atoms with Gasteiger partial charge in [-0.05, 0) is 43.4 Å². The summed E-state index contributed by atoms with van der Waals surface area (Å²) in [6.07, 6.45) is 0.962. The van der Waals surface area contributed by atoms with Gasteiger partial charge in [-0.1, -0.05) is 50.2 Å². The zero-order valence-electron chi connectivity index (χ0n) is 17.3. The van der Waals surface area contributed by atoms with Crippen molar-refractivity contribution >= 4 is 5.97 Å². The summed E-state index contributed by atoms with van der Waals surface area (Å²) in [5.41, 5.74) is 1.27. The molecule has 2 aliphatic heterocycles. The molecule has 29 heavy (non-hydrogen) atoms. The molecule has 4 nitrogen and oxygen atoms in total. The second kappa shape index (κ2) is 6.60. The van der Waals surface area contributed by atoms with Gasteiger partial charge in [0.15, 0.2) is 0 Å². The van der Waals surface area contributed by atoms with Crippen LogP contribution in [-0.2, 0) is 9.47 Å². The molecule has 0 radical (unpaired) electrons. The number of benzene rings is 2. The predicted octanol–water partition coefficient (Wildman–Crippen LogP) is 5.04. The minimum absolute atomic E-state index is 0.0328. The number of carbonyl (C=O) groups excluding carboxylic acids is 1. The van der Waals surface area contributed by atoms with Crippen molar-refractivity contribution < 1.29 is 19.0 Å². The molecule has 2 aromatic rings. The first-order valence-electron chi connectivity index (χ1n) is 10.6. The van der Waals surface area contributed by atoms with E-state index in [9.17, 15) is 4.79 Å². The van der Waals surface area contributed by atoms with E-state index in [2.05, 4.69) is 26.8 Å². The summed E-state index contributed by atoms with van der Waals surface area (Å²) in [7, 11) is 0. The Morgan fingerprint density at radius 1 is 1.10 bits per heavy atom. The Kier molecular flexibility index (Phi) is 4.25. The highest BCUT2D eigenvalue weighted by molar-refractivity contribution is 5.89. The molecule has 2 heterocycles. The van der Waals surface area contributed by atoms with Crippen LogP contribution in [-0.4, -0.2) is 24.8 Å². The van der Waals surface area contributed by atoms with Gasteiger partial charge in [-0.25, -0.2) is 4.79 Å². The Morgan fingerprint density at radius 3 is 2.62 bits per heavy atom. The second-order valence-electron chi connectivity index (χ2n) is 9.28. The van der Waals surface area contributed by atoms with Crippen LogP contribution in [0.3, 0.4) is 0 Å². The van der Waals surface area contributed by atoms with Gasteiger partial charge in [0, 0.05) is 16.9 Å². The number of esters is 1. The molecule has 0 N–H and O–H groups in total. The largest absolute Gasteiger partial charge is 0.487 e. The third kappa shape index (κ3) is 2.72. The lowest BCUT2D eigenvalue weighted by Crippen LogP contribution is -2.66. The quantitative estimate of drug-likeness (QED) is 0.686. The maximum atomic E-state index is 12.6. The van der Waals surface area contributed by atoms with E-state index < -0.39 is 0 Å². The van der Waals surface area contributed by atoms with Crippen molar-refractivity contribution in [2.75, 3.05) is 13.2 Å². The van der Waals surface area contributed by atoms with E-state index >= 15 is 0 Å². The van der Waals surface area contributed by atoms with Crippen LogP contribution >= 0.6 is 0 Å². The SMILES string of the molecule is C[C@H]1C[C@@]2(C)Oc3ccccc3[C@@H]3OC[C@]1(COC(=O)c1ccccc1)[C@@H](C)[C@@H]32. The molecule has 1 saturated carbocycles. The van der Waals surface area contributed by atoms with Gasteiger partial charge < -0.3 is 14.2 Å². The van der Waals surface area contributed by atoms with E-state index in [0.717, 1.165) is 17.7 Å². The molecule has 1 aliphatic carbocycles. The summed E-state index contributed by atoms with van der Waals surface area (Å²) in [4.78, 5) is 12.6. The summed E-state index contributed by atoms with van der Waals surface area (Å²) < 4.78 is 18.9. The Balaban J connectivity index is 1.44. The summed E-state index contributed by atoms with van der Waals surface area (Å²) >= 11 is 0. The van der Waals surface area contributed by atoms with Gasteiger partial charge in [-0.15, -0.1) is 0 Å². The number of hydrogen-bond acceptors (Lipinski definition) is 4. The van der Waals surface area contributed by atoms with Crippen LogP contribution in [0.1, 0.15) is 49.2 Å². The Bertz CT molecular complexity index is 925. The molecule has 2 fully saturated rings. The summed E-state index contributed by atoms with van der Waals surface area (Å²) in [5.74, 6) is 1.54. The van der Waals surface area contributed by atoms with Gasteiger partial charge in [-0.2, -0.15) is 0 Å². The van der Waals surface area contributed by atoms with Gasteiger partial charge >= 0.3 is 5.97 Å². The lowest BCUT2D eigenvalue weighted by Gasteiger charge is -2.63. The van der Waals surface area contributed by atoms with Gasteiger partial charge in [0.25, 0.3) is 0 Å². The highest BCUT2D eigenvalue weighted by atomic mass is 16.5. The van der Waals surface area contributed by atoms with E-state index in [-0.39, 0.29) is 29.0 Å². The molecule has 2 aromatic carbocycles. The molecule has 0 aromatic heterocycles. The minimum atomic E-state index is -0.273. The number of ether oxygens (including phenoxy) is 3. The first kappa shape index (κ1) is 18.7. The molecular formula is C25H28O4. The highest BCUT2D eigenvalue weighted by Crippen LogP contribution is 2.63. The molecule has 152 valence electrons. The molecule has 4 heteroatoms. The number of carbonyl (C=O) groups is 1. The average Bonchev–Trinajstić information content (AvgIpc) is 2.72. The number of para-hydroxylation sites is 1. The fourth-order valence-corrected chi connectivity index (χ4v) is 6.11. The van der Waals surface area contributed by atoms with Crippen molar-refractivity contribution in [2.45, 2.75) is 38.9 Å². The van der Waals surface area contributed by atoms with Crippen molar-refractivity contribution in [3.63, 3.8) is 0 Å². The maximum absolute atomic E-state index is 12.6. The monoisotopic (exact) mass is 392 g/mol. The van der Waals surface area contributed by atoms with Crippen molar-refractivity contribution in [3.8, 4) is 5.75 Å². The topological polar surface area (TPSA) is 44.8 Å². The third-order valence-electron chi connectivity index (χ3n) is 7.75. The molecule has 0 amide bonds. The molecular weight excluding hydrogens is 364 g/mol. The van der Waals surface area contributed by atoms with Crippen LogP contribution in [0.25, 0.3) is 0 Å². The average molecular weight is 392 g/mol. The van der Waals surface area contributed by atoms with Crippen molar-refractivity contribution in [3.05, 3.63) is 65.7 Å². The van der Waals surface area contributed by atoms with Crippen molar-refractivity contribution in [1.29, 1.82) is 0 Å². The van der Waals surface area contributed by atoms with Crippen LogP contribution in [0.4, 0.5) is 0 Å². The summed E-state index contributed by atoms with van der Waals surface area (Å²) in [6.45, 7) is 7.75. The Labute approximate surface area is 172 Å². The zero-order valence-corrected chi connectivity index (χ0v) is 17.3. The number of rotatable bonds is 3. The molecule has 0 unspecified atom stereocenters. The molecule has 2 bridgehead atoms. The fraction of sp³-hybridized carbons (Fsp3) is 0.480. The van der Waals surface area contributed by atoms with Crippen LogP contribution in [0.5, 0.6) is 5.75 Å². The van der Waals surface area contributed by atoms with Crippen LogP contribution in [0, 0.1) is 23.2 Å². The van der Waals surface area contributed by atoms with Gasteiger partial charge in [0.05, 0.1) is 24.9 Å². The highest BCUT2D eigenvalue weighted by Gasteiger charge is 2.64. The van der Waals surface area contributed by atoms with Gasteiger partial charge in [-0.3, -0.25) is 0 Å². The Hall–Kier alpha value is -2.33. The fourth-order valence-electron chi connectivity index (χ4n) is 6.11. The predicted molar refractivity (Wildman–Crippen MR) is 110 cm³/mol. The summed E-state index contributed by atoms with van der Waals surface area (Å²) in [6, 6.07) is 17.4. The third-order valence-corrected chi connectivity index (χ3v) is 7.75. The van der Waals surface area contributed by atoms with Gasteiger partial charge in [0.2, 0.25) is 0 Å². The first-order valence-corrected chi connectivity index (χ1v) is 10.6. The van der Waals surface area contributed by atoms with Crippen LogP contribution < -0.4 is 4.74 Å². The summed E-state index contributed by atoms with van der Waals surface area (Å²) in [5, 5.41) is 0.